The molecule has 0 aromatic heterocycles. The Morgan fingerprint density at radius 3 is 2.94 bits per heavy atom. The Bertz CT molecular complexity index is 449. The number of rotatable bonds is 5. The lowest BCUT2D eigenvalue weighted by Gasteiger charge is -2.14. The third-order valence-electron chi connectivity index (χ3n) is 2.95. The maximum absolute atomic E-state index is 13.2. The van der Waals surface area contributed by atoms with Gasteiger partial charge in [-0.15, -0.1) is 0 Å². The van der Waals surface area contributed by atoms with Crippen LogP contribution >= 0.6 is 11.6 Å². The van der Waals surface area contributed by atoms with E-state index in [4.69, 9.17) is 11.6 Å². The van der Waals surface area contributed by atoms with Crippen molar-refractivity contribution in [2.75, 3.05) is 0 Å². The fourth-order valence-electron chi connectivity index (χ4n) is 1.59. The van der Waals surface area contributed by atoms with E-state index >= 15 is 0 Å². The van der Waals surface area contributed by atoms with Gasteiger partial charge in [0.25, 0.3) is 0 Å². The van der Waals surface area contributed by atoms with Crippen molar-refractivity contribution in [2.24, 2.45) is 0 Å². The molecule has 0 bridgehead atoms. The van der Waals surface area contributed by atoms with Crippen LogP contribution in [0.5, 0.6) is 0 Å². The molecule has 98 valence electrons. The van der Waals surface area contributed by atoms with E-state index < -0.39 is 5.82 Å². The van der Waals surface area contributed by atoms with E-state index in [1.54, 1.807) is 19.1 Å². The van der Waals surface area contributed by atoms with Crippen LogP contribution in [-0.4, -0.2) is 18.0 Å². The third kappa shape index (κ3) is 3.43. The minimum absolute atomic E-state index is 0.0231. The van der Waals surface area contributed by atoms with Gasteiger partial charge in [-0.25, -0.2) is 4.39 Å². The highest BCUT2D eigenvalue weighted by Gasteiger charge is 2.25. The Labute approximate surface area is 111 Å². The topological polar surface area (TPSA) is 41.1 Å². The van der Waals surface area contributed by atoms with Gasteiger partial charge in [0, 0.05) is 12.6 Å². The molecular formula is C13H16ClFN2O. The quantitative estimate of drug-likeness (QED) is 0.862. The van der Waals surface area contributed by atoms with Crippen LogP contribution in [0.25, 0.3) is 0 Å². The molecule has 18 heavy (non-hydrogen) atoms. The predicted molar refractivity (Wildman–Crippen MR) is 68.9 cm³/mol. The number of nitrogens with one attached hydrogen (secondary N) is 2. The monoisotopic (exact) mass is 270 g/mol. The van der Waals surface area contributed by atoms with Gasteiger partial charge in [0.1, 0.15) is 5.82 Å². The summed E-state index contributed by atoms with van der Waals surface area (Å²) in [6, 6.07) is 4.69. The molecule has 1 aliphatic rings. The van der Waals surface area contributed by atoms with Crippen LogP contribution in [0.2, 0.25) is 5.02 Å². The predicted octanol–water partition coefficient (Wildman–Crippen LogP) is 2.24. The summed E-state index contributed by atoms with van der Waals surface area (Å²) < 4.78 is 13.2. The van der Waals surface area contributed by atoms with Crippen LogP contribution < -0.4 is 10.6 Å². The zero-order valence-corrected chi connectivity index (χ0v) is 10.9. The Balaban J connectivity index is 1.86. The van der Waals surface area contributed by atoms with Crippen molar-refractivity contribution >= 4 is 17.5 Å². The molecule has 5 heteroatoms. The molecule has 0 spiro atoms. The van der Waals surface area contributed by atoms with E-state index in [0.717, 1.165) is 12.8 Å². The van der Waals surface area contributed by atoms with Crippen molar-refractivity contribution in [1.82, 2.24) is 10.6 Å². The van der Waals surface area contributed by atoms with Crippen LogP contribution in [0.15, 0.2) is 18.2 Å². The molecule has 3 nitrogen and oxygen atoms in total. The fourth-order valence-corrected chi connectivity index (χ4v) is 1.79. The first kappa shape index (κ1) is 13.3. The summed E-state index contributed by atoms with van der Waals surface area (Å²) in [7, 11) is 0. The lowest BCUT2D eigenvalue weighted by Crippen LogP contribution is -2.42. The summed E-state index contributed by atoms with van der Waals surface area (Å²) in [5, 5.41) is 6.06. The first-order valence-electron chi connectivity index (χ1n) is 6.04. The zero-order valence-electron chi connectivity index (χ0n) is 10.2. The second-order valence-electron chi connectivity index (χ2n) is 4.60. The van der Waals surface area contributed by atoms with E-state index in [-0.39, 0.29) is 17.0 Å². The first-order chi connectivity index (χ1) is 8.58. The molecule has 1 unspecified atom stereocenters. The second-order valence-corrected chi connectivity index (χ2v) is 4.98. The number of benzene rings is 1. The van der Waals surface area contributed by atoms with Crippen molar-refractivity contribution in [3.05, 3.63) is 34.6 Å². The highest BCUT2D eigenvalue weighted by Crippen LogP contribution is 2.20. The summed E-state index contributed by atoms with van der Waals surface area (Å²) in [4.78, 5) is 11.7. The molecule has 1 amide bonds. The molecule has 1 saturated carbocycles. The summed E-state index contributed by atoms with van der Waals surface area (Å²) in [6.45, 7) is 2.15. The van der Waals surface area contributed by atoms with Gasteiger partial charge < -0.3 is 10.6 Å². The summed E-state index contributed by atoms with van der Waals surface area (Å²) in [6.07, 6.45) is 2.13. The highest BCUT2D eigenvalue weighted by molar-refractivity contribution is 6.31. The number of carbonyl (C=O) groups excluding carboxylic acids is 1. The number of halogens is 2. The van der Waals surface area contributed by atoms with Gasteiger partial charge in [-0.05, 0) is 31.4 Å². The van der Waals surface area contributed by atoms with Gasteiger partial charge in [0.05, 0.1) is 11.1 Å². The minimum Gasteiger partial charge on any atom is -0.352 e. The van der Waals surface area contributed by atoms with Gasteiger partial charge in [-0.1, -0.05) is 23.7 Å². The Hall–Kier alpha value is -1.13. The number of amides is 1. The van der Waals surface area contributed by atoms with E-state index in [9.17, 15) is 9.18 Å². The highest BCUT2D eigenvalue weighted by atomic mass is 35.5. The molecule has 1 fully saturated rings. The average Bonchev–Trinajstić information content (AvgIpc) is 3.14. The van der Waals surface area contributed by atoms with Crippen LogP contribution in [0.3, 0.4) is 0 Å². The van der Waals surface area contributed by atoms with E-state index in [2.05, 4.69) is 10.6 Å². The smallest absolute Gasteiger partial charge is 0.237 e. The standard InChI is InChI=1S/C13H16ClFN2O/c1-8(13(18)17-10-5-6-10)16-7-9-3-2-4-11(15)12(9)14/h2-4,8,10,16H,5-7H2,1H3,(H,17,18). The van der Waals surface area contributed by atoms with Crippen molar-refractivity contribution < 1.29 is 9.18 Å². The Morgan fingerprint density at radius 1 is 1.56 bits per heavy atom. The van der Waals surface area contributed by atoms with Gasteiger partial charge in [0.2, 0.25) is 5.91 Å². The van der Waals surface area contributed by atoms with E-state index in [1.807, 2.05) is 0 Å². The molecule has 1 atom stereocenters. The van der Waals surface area contributed by atoms with Gasteiger partial charge >= 0.3 is 0 Å². The van der Waals surface area contributed by atoms with Crippen molar-refractivity contribution in [1.29, 1.82) is 0 Å². The fraction of sp³-hybridized carbons (Fsp3) is 0.462. The van der Waals surface area contributed by atoms with Crippen LogP contribution in [0.4, 0.5) is 4.39 Å². The lowest BCUT2D eigenvalue weighted by atomic mass is 10.2. The average molecular weight is 271 g/mol. The first-order valence-corrected chi connectivity index (χ1v) is 6.42. The third-order valence-corrected chi connectivity index (χ3v) is 3.37. The SMILES string of the molecule is CC(NCc1cccc(F)c1Cl)C(=O)NC1CC1. The molecule has 0 radical (unpaired) electrons. The normalized spacial score (nSPS) is 16.4. The van der Waals surface area contributed by atoms with E-state index in [0.29, 0.717) is 18.2 Å². The molecule has 1 aromatic carbocycles. The lowest BCUT2D eigenvalue weighted by molar-refractivity contribution is -0.122. The van der Waals surface area contributed by atoms with Gasteiger partial charge in [-0.2, -0.15) is 0 Å². The minimum atomic E-state index is -0.439. The molecule has 2 rings (SSSR count). The van der Waals surface area contributed by atoms with Crippen molar-refractivity contribution in [3.8, 4) is 0 Å². The maximum atomic E-state index is 13.2. The maximum Gasteiger partial charge on any atom is 0.237 e. The summed E-state index contributed by atoms with van der Waals surface area (Å²) in [5.41, 5.74) is 0.655. The summed E-state index contributed by atoms with van der Waals surface area (Å²) in [5.74, 6) is -0.462. The number of hydrogen-bond donors (Lipinski definition) is 2. The molecule has 0 aliphatic heterocycles. The molecular weight excluding hydrogens is 255 g/mol. The van der Waals surface area contributed by atoms with Crippen LogP contribution in [-0.2, 0) is 11.3 Å². The number of hydrogen-bond acceptors (Lipinski definition) is 2. The Kier molecular flexibility index (Phi) is 4.19. The van der Waals surface area contributed by atoms with Gasteiger partial charge in [-0.3, -0.25) is 4.79 Å². The van der Waals surface area contributed by atoms with Crippen LogP contribution in [0.1, 0.15) is 25.3 Å². The molecule has 1 aliphatic carbocycles. The molecule has 0 saturated heterocycles. The second kappa shape index (κ2) is 5.67. The van der Waals surface area contributed by atoms with Crippen LogP contribution in [0, 0.1) is 5.82 Å². The van der Waals surface area contributed by atoms with E-state index in [1.165, 1.54) is 6.07 Å². The largest absolute Gasteiger partial charge is 0.352 e. The van der Waals surface area contributed by atoms with Crippen molar-refractivity contribution in [3.63, 3.8) is 0 Å². The Morgan fingerprint density at radius 2 is 2.28 bits per heavy atom. The zero-order chi connectivity index (χ0) is 13.1. The molecule has 1 aromatic rings. The van der Waals surface area contributed by atoms with Gasteiger partial charge in [0.15, 0.2) is 0 Å². The number of carbonyl (C=O) groups is 1. The summed E-state index contributed by atoms with van der Waals surface area (Å²) >= 11 is 5.84. The molecule has 0 heterocycles. The van der Waals surface area contributed by atoms with Crippen molar-refractivity contribution in [2.45, 2.75) is 38.4 Å². The molecule has 2 N–H and O–H groups in total.